The van der Waals surface area contributed by atoms with E-state index in [1.165, 1.54) is 12.5 Å². The highest BCUT2D eigenvalue weighted by Crippen LogP contribution is 2.31. The van der Waals surface area contributed by atoms with Crippen LogP contribution in [0.5, 0.6) is 5.75 Å². The summed E-state index contributed by atoms with van der Waals surface area (Å²) < 4.78 is 5.37. The van der Waals surface area contributed by atoms with Gasteiger partial charge in [-0.1, -0.05) is 18.2 Å². The Balaban J connectivity index is 1.78. The van der Waals surface area contributed by atoms with Gasteiger partial charge in [-0.2, -0.15) is 0 Å². The van der Waals surface area contributed by atoms with Crippen LogP contribution in [-0.4, -0.2) is 31.5 Å². The molecule has 0 saturated carbocycles. The van der Waals surface area contributed by atoms with Crippen LogP contribution in [0.3, 0.4) is 0 Å². The van der Waals surface area contributed by atoms with Gasteiger partial charge in [-0.15, -0.1) is 0 Å². The molecule has 6 heteroatoms. The van der Waals surface area contributed by atoms with Crippen LogP contribution in [0, 0.1) is 0 Å². The molecule has 0 radical (unpaired) electrons. The first-order valence-corrected chi connectivity index (χ1v) is 8.61. The second-order valence-corrected chi connectivity index (χ2v) is 6.33. The summed E-state index contributed by atoms with van der Waals surface area (Å²) in [4.78, 5) is 26.0. The number of methoxy groups -OCH3 is 1. The maximum atomic E-state index is 12.9. The van der Waals surface area contributed by atoms with Gasteiger partial charge in [0.05, 0.1) is 12.8 Å². The molecule has 1 aliphatic rings. The molecule has 0 fully saturated rings. The summed E-state index contributed by atoms with van der Waals surface area (Å²) >= 11 is 0. The Hall–Kier alpha value is -3.02. The Morgan fingerprint density at radius 2 is 1.96 bits per heavy atom. The molecular weight excluding hydrogens is 330 g/mol. The molecule has 0 unspecified atom stereocenters. The zero-order chi connectivity index (χ0) is 18.7. The van der Waals surface area contributed by atoms with Crippen LogP contribution in [-0.2, 0) is 16.0 Å². The van der Waals surface area contributed by atoms with Crippen molar-refractivity contribution in [3.63, 3.8) is 0 Å². The molecule has 0 bridgehead atoms. The Kier molecular flexibility index (Phi) is 5.11. The molecule has 0 saturated heterocycles. The van der Waals surface area contributed by atoms with E-state index in [4.69, 9.17) is 4.74 Å². The fourth-order valence-corrected chi connectivity index (χ4v) is 3.20. The molecular formula is C20H23N3O3. The largest absolute Gasteiger partial charge is 0.495 e. The van der Waals surface area contributed by atoms with Crippen molar-refractivity contribution in [2.24, 2.45) is 0 Å². The average Bonchev–Trinajstić information content (AvgIpc) is 3.05. The predicted molar refractivity (Wildman–Crippen MR) is 103 cm³/mol. The van der Waals surface area contributed by atoms with Crippen LogP contribution in [0.15, 0.2) is 42.5 Å². The monoisotopic (exact) mass is 353 g/mol. The first-order valence-electron chi connectivity index (χ1n) is 8.61. The molecule has 0 spiro atoms. The van der Waals surface area contributed by atoms with Crippen molar-refractivity contribution in [1.29, 1.82) is 0 Å². The molecule has 0 aromatic heterocycles. The highest BCUT2D eigenvalue weighted by Gasteiger charge is 2.28. The molecule has 1 atom stereocenters. The molecule has 3 rings (SSSR count). The van der Waals surface area contributed by atoms with Crippen molar-refractivity contribution in [2.45, 2.75) is 26.3 Å². The summed E-state index contributed by atoms with van der Waals surface area (Å²) in [6.07, 6.45) is 0.871. The number of rotatable bonds is 5. The second-order valence-electron chi connectivity index (χ2n) is 6.33. The van der Waals surface area contributed by atoms with Gasteiger partial charge in [0.1, 0.15) is 11.8 Å². The quantitative estimate of drug-likeness (QED) is 0.867. The highest BCUT2D eigenvalue weighted by molar-refractivity contribution is 6.00. The van der Waals surface area contributed by atoms with Gasteiger partial charge in [0.15, 0.2) is 0 Å². The fourth-order valence-electron chi connectivity index (χ4n) is 3.20. The lowest BCUT2D eigenvalue weighted by Crippen LogP contribution is -2.40. The summed E-state index contributed by atoms with van der Waals surface area (Å²) in [6.45, 7) is 3.97. The molecule has 2 amide bonds. The van der Waals surface area contributed by atoms with Crippen molar-refractivity contribution in [1.82, 2.24) is 0 Å². The maximum absolute atomic E-state index is 12.9. The van der Waals surface area contributed by atoms with Crippen LogP contribution < -0.4 is 20.3 Å². The van der Waals surface area contributed by atoms with E-state index in [-0.39, 0.29) is 11.8 Å². The molecule has 2 aromatic carbocycles. The topological polar surface area (TPSA) is 70.7 Å². The third-order valence-corrected chi connectivity index (χ3v) is 4.42. The van der Waals surface area contributed by atoms with Gasteiger partial charge in [0, 0.05) is 24.8 Å². The van der Waals surface area contributed by atoms with Gasteiger partial charge in [0.2, 0.25) is 11.8 Å². The summed E-state index contributed by atoms with van der Waals surface area (Å²) in [7, 11) is 1.57. The van der Waals surface area contributed by atoms with Gasteiger partial charge >= 0.3 is 0 Å². The Morgan fingerprint density at radius 1 is 1.19 bits per heavy atom. The number of nitrogens with one attached hydrogen (secondary N) is 2. The number of benzene rings is 2. The number of amides is 2. The van der Waals surface area contributed by atoms with Gasteiger partial charge in [0.25, 0.3) is 0 Å². The summed E-state index contributed by atoms with van der Waals surface area (Å²) in [5.74, 6) is 0.460. The van der Waals surface area contributed by atoms with Crippen molar-refractivity contribution in [2.75, 3.05) is 29.2 Å². The van der Waals surface area contributed by atoms with E-state index in [0.717, 1.165) is 12.1 Å². The lowest BCUT2D eigenvalue weighted by molar-refractivity contribution is -0.119. The van der Waals surface area contributed by atoms with E-state index >= 15 is 0 Å². The van der Waals surface area contributed by atoms with E-state index in [0.29, 0.717) is 23.7 Å². The number of para-hydroxylation sites is 1. The average molecular weight is 353 g/mol. The number of carbonyl (C=O) groups excluding carboxylic acids is 2. The van der Waals surface area contributed by atoms with Crippen molar-refractivity contribution < 1.29 is 14.3 Å². The number of fused-ring (bicyclic) bond motifs is 1. The van der Waals surface area contributed by atoms with Crippen LogP contribution >= 0.6 is 0 Å². The van der Waals surface area contributed by atoms with Crippen molar-refractivity contribution in [3.8, 4) is 5.75 Å². The Bertz CT molecular complexity index is 835. The van der Waals surface area contributed by atoms with Crippen LogP contribution in [0.1, 0.15) is 19.4 Å². The lowest BCUT2D eigenvalue weighted by atomic mass is 10.2. The van der Waals surface area contributed by atoms with Gasteiger partial charge in [-0.25, -0.2) is 0 Å². The van der Waals surface area contributed by atoms with Gasteiger partial charge < -0.3 is 20.3 Å². The minimum absolute atomic E-state index is 0.00179. The second kappa shape index (κ2) is 7.47. The molecule has 136 valence electrons. The first kappa shape index (κ1) is 17.8. The molecule has 0 aliphatic carbocycles. The molecule has 2 N–H and O–H groups in total. The lowest BCUT2D eigenvalue weighted by Gasteiger charge is -2.24. The van der Waals surface area contributed by atoms with E-state index in [9.17, 15) is 9.59 Å². The number of carbonyl (C=O) groups is 2. The Morgan fingerprint density at radius 3 is 2.69 bits per heavy atom. The SMILES string of the molecule is COc1ccc(NC(C)=O)cc1N[C@@H](C)C(=O)N1CCc2ccccc21. The van der Waals surface area contributed by atoms with E-state index < -0.39 is 6.04 Å². The molecule has 26 heavy (non-hydrogen) atoms. The zero-order valence-electron chi connectivity index (χ0n) is 15.2. The third-order valence-electron chi connectivity index (χ3n) is 4.42. The van der Waals surface area contributed by atoms with E-state index in [2.05, 4.69) is 16.7 Å². The van der Waals surface area contributed by atoms with E-state index in [1.54, 1.807) is 25.3 Å². The van der Waals surface area contributed by atoms with Crippen LogP contribution in [0.2, 0.25) is 0 Å². The maximum Gasteiger partial charge on any atom is 0.249 e. The van der Waals surface area contributed by atoms with Gasteiger partial charge in [-0.3, -0.25) is 9.59 Å². The van der Waals surface area contributed by atoms with Crippen molar-refractivity contribution in [3.05, 3.63) is 48.0 Å². The minimum atomic E-state index is -0.442. The molecule has 6 nitrogen and oxygen atoms in total. The van der Waals surface area contributed by atoms with Gasteiger partial charge in [-0.05, 0) is 43.2 Å². The van der Waals surface area contributed by atoms with Crippen molar-refractivity contribution >= 4 is 28.9 Å². The standard InChI is InChI=1S/C20H23N3O3/c1-13(20(25)23-11-10-15-6-4-5-7-18(15)23)21-17-12-16(22-14(2)24)8-9-19(17)26-3/h4-9,12-13,21H,10-11H2,1-3H3,(H,22,24)/t13-/m0/s1. The fraction of sp³-hybridized carbons (Fsp3) is 0.300. The summed E-state index contributed by atoms with van der Waals surface area (Å²) in [5.41, 5.74) is 3.47. The van der Waals surface area contributed by atoms with Crippen LogP contribution in [0.25, 0.3) is 0 Å². The Labute approximate surface area is 153 Å². The van der Waals surface area contributed by atoms with E-state index in [1.807, 2.05) is 30.0 Å². The third kappa shape index (κ3) is 3.64. The number of ether oxygens (including phenoxy) is 1. The number of nitrogens with zero attached hydrogens (tertiary/aromatic N) is 1. The molecule has 1 aliphatic heterocycles. The van der Waals surface area contributed by atoms with Crippen LogP contribution in [0.4, 0.5) is 17.1 Å². The summed E-state index contributed by atoms with van der Waals surface area (Å²) in [6, 6.07) is 12.8. The zero-order valence-corrected chi connectivity index (χ0v) is 15.2. The number of hydrogen-bond donors (Lipinski definition) is 2. The molecule has 2 aromatic rings. The predicted octanol–water partition coefficient (Wildman–Crippen LogP) is 3.04. The first-order chi connectivity index (χ1) is 12.5. The highest BCUT2D eigenvalue weighted by atomic mass is 16.5. The minimum Gasteiger partial charge on any atom is -0.495 e. The normalized spacial score (nSPS) is 13.7. The number of hydrogen-bond acceptors (Lipinski definition) is 4. The smallest absolute Gasteiger partial charge is 0.249 e. The molecule has 1 heterocycles. The summed E-state index contributed by atoms with van der Waals surface area (Å²) in [5, 5.41) is 5.95. The number of anilines is 3.